The van der Waals surface area contributed by atoms with E-state index < -0.39 is 0 Å². The van der Waals surface area contributed by atoms with E-state index in [0.717, 1.165) is 44.8 Å². The van der Waals surface area contributed by atoms with Gasteiger partial charge in [-0.25, -0.2) is 0 Å². The Morgan fingerprint density at radius 2 is 1.67 bits per heavy atom. The molecule has 0 unspecified atom stereocenters. The van der Waals surface area contributed by atoms with Crippen LogP contribution in [-0.4, -0.2) is 50.6 Å². The molecule has 1 aromatic carbocycles. The van der Waals surface area contributed by atoms with Crippen LogP contribution in [0.1, 0.15) is 68.1 Å². The standard InChI is InChI=1S/C24H36N2O4/c1-29-21-10-9-20(16-22(21)30-2)24(28)26-14-12-19(13-15-26)17-25-23(27)11-8-18-6-4-3-5-7-18/h9-10,16,18-19H,3-8,11-15,17H2,1-2H3,(H,25,27). The monoisotopic (exact) mass is 416 g/mol. The van der Waals surface area contributed by atoms with Crippen molar-refractivity contribution in [3.63, 3.8) is 0 Å². The molecule has 0 aromatic heterocycles. The van der Waals surface area contributed by atoms with E-state index in [1.807, 2.05) is 4.90 Å². The Labute approximate surface area is 180 Å². The number of benzene rings is 1. The maximum absolute atomic E-state index is 12.8. The topological polar surface area (TPSA) is 67.9 Å². The smallest absolute Gasteiger partial charge is 0.253 e. The highest BCUT2D eigenvalue weighted by Gasteiger charge is 2.25. The van der Waals surface area contributed by atoms with E-state index in [-0.39, 0.29) is 11.8 Å². The van der Waals surface area contributed by atoms with Crippen LogP contribution in [0.15, 0.2) is 18.2 Å². The van der Waals surface area contributed by atoms with Gasteiger partial charge in [-0.3, -0.25) is 9.59 Å². The average Bonchev–Trinajstić information content (AvgIpc) is 2.81. The van der Waals surface area contributed by atoms with Crippen molar-refractivity contribution in [1.29, 1.82) is 0 Å². The number of carbonyl (C=O) groups excluding carboxylic acids is 2. The molecule has 1 aliphatic heterocycles. The molecule has 0 atom stereocenters. The summed E-state index contributed by atoms with van der Waals surface area (Å²) in [6.45, 7) is 2.16. The molecule has 1 N–H and O–H groups in total. The van der Waals surface area contributed by atoms with E-state index in [1.54, 1.807) is 32.4 Å². The normalized spacial score (nSPS) is 18.1. The van der Waals surface area contributed by atoms with Gasteiger partial charge in [-0.1, -0.05) is 32.1 Å². The van der Waals surface area contributed by atoms with Crippen LogP contribution >= 0.6 is 0 Å². The first-order chi connectivity index (χ1) is 14.6. The Morgan fingerprint density at radius 1 is 0.967 bits per heavy atom. The Balaban J connectivity index is 1.39. The molecule has 2 fully saturated rings. The molecule has 1 aromatic rings. The molecule has 1 saturated heterocycles. The number of methoxy groups -OCH3 is 2. The highest BCUT2D eigenvalue weighted by molar-refractivity contribution is 5.95. The van der Waals surface area contributed by atoms with Gasteiger partial charge in [0.2, 0.25) is 5.91 Å². The minimum Gasteiger partial charge on any atom is -0.493 e. The molecular weight excluding hydrogens is 380 g/mol. The van der Waals surface area contributed by atoms with E-state index >= 15 is 0 Å². The number of hydrogen-bond donors (Lipinski definition) is 1. The SMILES string of the molecule is COc1ccc(C(=O)N2CCC(CNC(=O)CCC3CCCCC3)CC2)cc1OC. The lowest BCUT2D eigenvalue weighted by molar-refractivity contribution is -0.121. The molecule has 2 aliphatic rings. The molecule has 2 amide bonds. The van der Waals surface area contributed by atoms with Gasteiger partial charge in [0, 0.05) is 31.6 Å². The Kier molecular flexibility index (Phi) is 8.40. The van der Waals surface area contributed by atoms with Crippen LogP contribution in [0.3, 0.4) is 0 Å². The van der Waals surface area contributed by atoms with Gasteiger partial charge >= 0.3 is 0 Å². The second kappa shape index (κ2) is 11.2. The maximum Gasteiger partial charge on any atom is 0.253 e. The summed E-state index contributed by atoms with van der Waals surface area (Å²) in [5.74, 6) is 2.57. The van der Waals surface area contributed by atoms with Gasteiger partial charge in [0.25, 0.3) is 5.91 Å². The number of amides is 2. The Morgan fingerprint density at radius 3 is 2.33 bits per heavy atom. The molecule has 30 heavy (non-hydrogen) atoms. The van der Waals surface area contributed by atoms with Crippen molar-refractivity contribution in [2.24, 2.45) is 11.8 Å². The number of hydrogen-bond acceptors (Lipinski definition) is 4. The first kappa shape index (κ1) is 22.4. The van der Waals surface area contributed by atoms with E-state index in [9.17, 15) is 9.59 Å². The molecule has 6 heteroatoms. The number of nitrogens with one attached hydrogen (secondary N) is 1. The largest absolute Gasteiger partial charge is 0.493 e. The van der Waals surface area contributed by atoms with E-state index in [1.165, 1.54) is 32.1 Å². The van der Waals surface area contributed by atoms with Crippen molar-refractivity contribution in [1.82, 2.24) is 10.2 Å². The first-order valence-electron chi connectivity index (χ1n) is 11.4. The second-order valence-corrected chi connectivity index (χ2v) is 8.65. The highest BCUT2D eigenvalue weighted by atomic mass is 16.5. The van der Waals surface area contributed by atoms with Crippen LogP contribution in [0.5, 0.6) is 11.5 Å². The number of likely N-dealkylation sites (tertiary alicyclic amines) is 1. The summed E-state index contributed by atoms with van der Waals surface area (Å²) in [6, 6.07) is 5.28. The maximum atomic E-state index is 12.8. The van der Waals surface area contributed by atoms with Crippen LogP contribution in [0.2, 0.25) is 0 Å². The van der Waals surface area contributed by atoms with Crippen molar-refractivity contribution in [2.45, 2.75) is 57.8 Å². The summed E-state index contributed by atoms with van der Waals surface area (Å²) in [5, 5.41) is 3.12. The van der Waals surface area contributed by atoms with Crippen molar-refractivity contribution in [3.8, 4) is 11.5 Å². The molecule has 1 heterocycles. The lowest BCUT2D eigenvalue weighted by Gasteiger charge is -2.32. The average molecular weight is 417 g/mol. The lowest BCUT2D eigenvalue weighted by Crippen LogP contribution is -2.41. The molecule has 0 radical (unpaired) electrons. The van der Waals surface area contributed by atoms with E-state index in [2.05, 4.69) is 5.32 Å². The zero-order chi connectivity index (χ0) is 21.3. The molecule has 166 valence electrons. The van der Waals surface area contributed by atoms with Crippen LogP contribution in [0.4, 0.5) is 0 Å². The minimum atomic E-state index is 0.0194. The third-order valence-corrected chi connectivity index (χ3v) is 6.62. The predicted octanol–water partition coefficient (Wildman–Crippen LogP) is 4.03. The van der Waals surface area contributed by atoms with Gasteiger partial charge in [0.1, 0.15) is 0 Å². The fraction of sp³-hybridized carbons (Fsp3) is 0.667. The third kappa shape index (κ3) is 6.13. The summed E-state index contributed by atoms with van der Waals surface area (Å²) >= 11 is 0. The first-order valence-corrected chi connectivity index (χ1v) is 11.4. The fourth-order valence-corrected chi connectivity index (χ4v) is 4.65. The van der Waals surface area contributed by atoms with Crippen molar-refractivity contribution >= 4 is 11.8 Å². The van der Waals surface area contributed by atoms with Gasteiger partial charge in [-0.2, -0.15) is 0 Å². The van der Waals surface area contributed by atoms with Gasteiger partial charge in [-0.15, -0.1) is 0 Å². The van der Waals surface area contributed by atoms with E-state index in [4.69, 9.17) is 9.47 Å². The van der Waals surface area contributed by atoms with Gasteiger partial charge in [-0.05, 0) is 49.3 Å². The number of rotatable bonds is 8. The summed E-state index contributed by atoms with van der Waals surface area (Å²) in [7, 11) is 3.15. The minimum absolute atomic E-state index is 0.0194. The van der Waals surface area contributed by atoms with Crippen LogP contribution in [0.25, 0.3) is 0 Å². The van der Waals surface area contributed by atoms with Crippen LogP contribution in [-0.2, 0) is 4.79 Å². The molecule has 1 aliphatic carbocycles. The second-order valence-electron chi connectivity index (χ2n) is 8.65. The summed E-state index contributed by atoms with van der Waals surface area (Å²) in [6.07, 6.45) is 10.1. The van der Waals surface area contributed by atoms with Gasteiger partial charge in [0.05, 0.1) is 14.2 Å². The molecule has 0 bridgehead atoms. The Bertz CT molecular complexity index is 707. The zero-order valence-corrected chi connectivity index (χ0v) is 18.5. The number of nitrogens with zero attached hydrogens (tertiary/aromatic N) is 1. The molecule has 3 rings (SSSR count). The van der Waals surface area contributed by atoms with Gasteiger partial charge in [0.15, 0.2) is 11.5 Å². The molecule has 0 spiro atoms. The van der Waals surface area contributed by atoms with Crippen molar-refractivity contribution < 1.29 is 19.1 Å². The predicted molar refractivity (Wildman–Crippen MR) is 117 cm³/mol. The van der Waals surface area contributed by atoms with Crippen LogP contribution < -0.4 is 14.8 Å². The summed E-state index contributed by atoms with van der Waals surface area (Å²) < 4.78 is 10.6. The van der Waals surface area contributed by atoms with Crippen molar-refractivity contribution in [2.75, 3.05) is 33.9 Å². The zero-order valence-electron chi connectivity index (χ0n) is 18.5. The Hall–Kier alpha value is -2.24. The van der Waals surface area contributed by atoms with E-state index in [0.29, 0.717) is 29.4 Å². The van der Waals surface area contributed by atoms with Crippen LogP contribution in [0, 0.1) is 11.8 Å². The number of piperidine rings is 1. The molecule has 1 saturated carbocycles. The van der Waals surface area contributed by atoms with Gasteiger partial charge < -0.3 is 19.7 Å². The molecule has 6 nitrogen and oxygen atoms in total. The fourth-order valence-electron chi connectivity index (χ4n) is 4.65. The summed E-state index contributed by atoms with van der Waals surface area (Å²) in [4.78, 5) is 26.9. The molecular formula is C24H36N2O4. The van der Waals surface area contributed by atoms with Crippen molar-refractivity contribution in [3.05, 3.63) is 23.8 Å². The lowest BCUT2D eigenvalue weighted by atomic mass is 9.86. The summed E-state index contributed by atoms with van der Waals surface area (Å²) in [5.41, 5.74) is 0.613. The number of ether oxygens (including phenoxy) is 2. The third-order valence-electron chi connectivity index (χ3n) is 6.62. The quantitative estimate of drug-likeness (QED) is 0.695. The number of carbonyl (C=O) groups is 2. The highest BCUT2D eigenvalue weighted by Crippen LogP contribution is 2.29.